The van der Waals surface area contributed by atoms with E-state index in [-0.39, 0.29) is 29.6 Å². The lowest BCUT2D eigenvalue weighted by atomic mass is 9.48. The average Bonchev–Trinajstić information content (AvgIpc) is 3.29. The number of nitrogens with zero attached hydrogens (tertiary/aromatic N) is 3. The van der Waals surface area contributed by atoms with Gasteiger partial charge in [0.25, 0.3) is 0 Å². The predicted molar refractivity (Wildman–Crippen MR) is 151 cm³/mol. The highest BCUT2D eigenvalue weighted by atomic mass is 19.3. The van der Waals surface area contributed by atoms with Gasteiger partial charge in [0, 0.05) is 24.7 Å². The van der Waals surface area contributed by atoms with Gasteiger partial charge in [0.15, 0.2) is 11.5 Å². The summed E-state index contributed by atoms with van der Waals surface area (Å²) in [5.74, 6) is 3.56. The van der Waals surface area contributed by atoms with E-state index in [2.05, 4.69) is 41.5 Å². The zero-order valence-corrected chi connectivity index (χ0v) is 23.6. The van der Waals surface area contributed by atoms with Crippen molar-refractivity contribution in [1.82, 2.24) is 15.3 Å². The van der Waals surface area contributed by atoms with Crippen molar-refractivity contribution in [2.24, 2.45) is 29.1 Å². The molecule has 5 fully saturated rings. The van der Waals surface area contributed by atoms with Crippen LogP contribution in [0.3, 0.4) is 0 Å². The summed E-state index contributed by atoms with van der Waals surface area (Å²) >= 11 is 0. The number of fused-ring (bicyclic) bond motifs is 1. The largest absolute Gasteiger partial charge is 0.586 e. The molecule has 5 saturated carbocycles. The van der Waals surface area contributed by atoms with Crippen molar-refractivity contribution in [2.75, 3.05) is 23.7 Å². The maximum atomic E-state index is 13.6. The fourth-order valence-corrected chi connectivity index (χ4v) is 8.69. The van der Waals surface area contributed by atoms with Gasteiger partial charge in [-0.1, -0.05) is 12.1 Å². The maximum Gasteiger partial charge on any atom is 0.586 e. The third kappa shape index (κ3) is 5.47. The molecule has 5 aliphatic carbocycles. The zero-order valence-electron chi connectivity index (χ0n) is 23.6. The van der Waals surface area contributed by atoms with Crippen LogP contribution in [0.25, 0.3) is 0 Å². The summed E-state index contributed by atoms with van der Waals surface area (Å²) in [6, 6.07) is 7.51. The van der Waals surface area contributed by atoms with Crippen molar-refractivity contribution in [2.45, 2.75) is 82.8 Å². The van der Waals surface area contributed by atoms with E-state index in [4.69, 9.17) is 0 Å². The van der Waals surface area contributed by atoms with Crippen molar-refractivity contribution >= 4 is 11.8 Å². The Labute approximate surface area is 244 Å². The molecule has 6 aliphatic rings. The van der Waals surface area contributed by atoms with Crippen molar-refractivity contribution < 1.29 is 23.4 Å². The van der Waals surface area contributed by atoms with E-state index in [0.717, 1.165) is 44.7 Å². The van der Waals surface area contributed by atoms with Crippen LogP contribution in [0.2, 0.25) is 0 Å². The van der Waals surface area contributed by atoms with Crippen LogP contribution in [-0.2, 0) is 6.54 Å². The number of nitrogens with one attached hydrogen (secondary N) is 3. The van der Waals surface area contributed by atoms with Gasteiger partial charge in [0.05, 0.1) is 12.3 Å². The molecule has 2 aromatic rings. The minimum absolute atomic E-state index is 0.00542. The summed E-state index contributed by atoms with van der Waals surface area (Å²) in [6.45, 7) is 1.98. The Morgan fingerprint density at radius 3 is 2.60 bits per heavy atom. The van der Waals surface area contributed by atoms with E-state index in [9.17, 15) is 19.1 Å². The molecule has 4 bridgehead atoms. The van der Waals surface area contributed by atoms with Crippen LogP contribution in [0.5, 0.6) is 11.5 Å². The molecule has 2 heterocycles. The lowest BCUT2D eigenvalue weighted by Crippen LogP contribution is -2.60. The molecule has 5 atom stereocenters. The molecule has 0 radical (unpaired) electrons. The molecule has 224 valence electrons. The Morgan fingerprint density at radius 2 is 1.83 bits per heavy atom. The van der Waals surface area contributed by atoms with E-state index in [1.54, 1.807) is 12.1 Å². The van der Waals surface area contributed by atoms with Crippen LogP contribution in [0.4, 0.5) is 20.5 Å². The van der Waals surface area contributed by atoms with E-state index in [0.29, 0.717) is 46.7 Å². The quantitative estimate of drug-likeness (QED) is 0.323. The molecular weight excluding hydrogens is 542 g/mol. The first-order chi connectivity index (χ1) is 20.3. The number of benzene rings is 1. The van der Waals surface area contributed by atoms with Gasteiger partial charge in [-0.3, -0.25) is 0 Å². The van der Waals surface area contributed by atoms with Gasteiger partial charge < -0.3 is 30.5 Å². The standard InChI is InChI=1S/C31H38F2N6O3/c32-31(33)41-25-3-1-2-20(27(25)42-31)15-36-29-37-16-23(13-34)28(39-29)38-17-30-10-19-8-21(11-30)26(22(9-19)12-30)35-14-18-4-6-24(40)7-5-18/h1-3,16,18-19,21-22,24,26,35,40H,4-12,14-15,17H2,(H2,36,37,38,39)/t18-,19?,21-,22+,24-,26-,30-. The molecule has 1 aromatic carbocycles. The van der Waals surface area contributed by atoms with Crippen molar-refractivity contribution in [3.05, 3.63) is 35.5 Å². The number of aliphatic hydroxyl groups excluding tert-OH is 1. The second-order valence-corrected chi connectivity index (χ2v) is 13.3. The first-order valence-electron chi connectivity index (χ1n) is 15.3. The van der Waals surface area contributed by atoms with Crippen LogP contribution in [-0.4, -0.2) is 46.6 Å². The SMILES string of the molecule is N#Cc1cnc(NCc2cccc3c2OC(F)(F)O3)nc1NC[C@]12CC3C[C@H](C1)[C@@H](NC[C@H]1CC[C@H](O)CC1)[C@@H](C3)C2. The fourth-order valence-electron chi connectivity index (χ4n) is 8.69. The molecule has 0 saturated heterocycles. The highest BCUT2D eigenvalue weighted by molar-refractivity contribution is 5.54. The number of aromatic nitrogens is 2. The number of anilines is 2. The molecular formula is C31H38F2N6O3. The summed E-state index contributed by atoms with van der Waals surface area (Å²) in [5.41, 5.74) is 1.06. The summed E-state index contributed by atoms with van der Waals surface area (Å²) in [4.78, 5) is 8.86. The van der Waals surface area contributed by atoms with Gasteiger partial charge in [0.2, 0.25) is 5.95 Å². The first kappa shape index (κ1) is 27.6. The third-order valence-corrected chi connectivity index (χ3v) is 10.3. The lowest BCUT2D eigenvalue weighted by molar-refractivity contribution is -0.286. The molecule has 0 spiro atoms. The second-order valence-electron chi connectivity index (χ2n) is 13.3. The summed E-state index contributed by atoms with van der Waals surface area (Å²) in [7, 11) is 0. The summed E-state index contributed by atoms with van der Waals surface area (Å²) < 4.78 is 36.4. The van der Waals surface area contributed by atoms with Crippen molar-refractivity contribution in [3.8, 4) is 17.6 Å². The Balaban J connectivity index is 0.986. The van der Waals surface area contributed by atoms with Gasteiger partial charge in [-0.05, 0) is 99.5 Å². The van der Waals surface area contributed by atoms with Gasteiger partial charge in [-0.15, -0.1) is 8.78 Å². The van der Waals surface area contributed by atoms with Gasteiger partial charge in [0.1, 0.15) is 17.5 Å². The van der Waals surface area contributed by atoms with Crippen LogP contribution >= 0.6 is 0 Å². The number of hydrogen-bond donors (Lipinski definition) is 4. The lowest BCUT2D eigenvalue weighted by Gasteiger charge is -2.60. The molecule has 11 heteroatoms. The Bertz CT molecular complexity index is 1340. The minimum Gasteiger partial charge on any atom is -0.395 e. The smallest absolute Gasteiger partial charge is 0.395 e. The van der Waals surface area contributed by atoms with E-state index < -0.39 is 6.29 Å². The topological polar surface area (TPSA) is 124 Å². The molecule has 4 N–H and O–H groups in total. The maximum absolute atomic E-state index is 13.6. The fraction of sp³-hybridized carbons (Fsp3) is 0.645. The number of ether oxygens (including phenoxy) is 2. The normalized spacial score (nSPS) is 33.8. The number of hydrogen-bond acceptors (Lipinski definition) is 9. The van der Waals surface area contributed by atoms with Crippen molar-refractivity contribution in [3.63, 3.8) is 0 Å². The van der Waals surface area contributed by atoms with E-state index in [1.807, 2.05) is 0 Å². The molecule has 1 aromatic heterocycles. The Kier molecular flexibility index (Phi) is 7.09. The number of alkyl halides is 2. The van der Waals surface area contributed by atoms with Gasteiger partial charge >= 0.3 is 6.29 Å². The molecule has 0 amide bonds. The number of aliphatic hydroxyl groups is 1. The van der Waals surface area contributed by atoms with Crippen LogP contribution in [0.15, 0.2) is 24.4 Å². The molecule has 1 aliphatic heterocycles. The van der Waals surface area contributed by atoms with Gasteiger partial charge in [-0.25, -0.2) is 4.98 Å². The first-order valence-corrected chi connectivity index (χ1v) is 15.3. The van der Waals surface area contributed by atoms with E-state index in [1.165, 1.54) is 44.4 Å². The zero-order chi connectivity index (χ0) is 28.9. The number of rotatable bonds is 9. The molecule has 8 rings (SSSR count). The number of nitriles is 1. The Hall–Kier alpha value is -3.23. The predicted octanol–water partition coefficient (Wildman–Crippen LogP) is 5.03. The van der Waals surface area contributed by atoms with E-state index >= 15 is 0 Å². The number of para-hydroxylation sites is 1. The summed E-state index contributed by atoms with van der Waals surface area (Å²) in [6.07, 6.45) is 7.97. The molecule has 9 nitrogen and oxygen atoms in total. The highest BCUT2D eigenvalue weighted by Gasteiger charge is 2.55. The molecule has 42 heavy (non-hydrogen) atoms. The third-order valence-electron chi connectivity index (χ3n) is 10.3. The second kappa shape index (κ2) is 10.8. The van der Waals surface area contributed by atoms with Crippen LogP contribution in [0.1, 0.15) is 68.9 Å². The average molecular weight is 581 g/mol. The minimum atomic E-state index is -3.69. The summed E-state index contributed by atoms with van der Waals surface area (Å²) in [5, 5.41) is 30.2. The van der Waals surface area contributed by atoms with Gasteiger partial charge in [-0.2, -0.15) is 10.2 Å². The Morgan fingerprint density at radius 1 is 1.05 bits per heavy atom. The highest BCUT2D eigenvalue weighted by Crippen LogP contribution is 2.60. The number of halogens is 2. The monoisotopic (exact) mass is 580 g/mol. The van der Waals surface area contributed by atoms with Crippen molar-refractivity contribution in [1.29, 1.82) is 5.26 Å². The van der Waals surface area contributed by atoms with Crippen LogP contribution in [0, 0.1) is 40.4 Å². The molecule has 1 unspecified atom stereocenters. The van der Waals surface area contributed by atoms with Crippen LogP contribution < -0.4 is 25.4 Å².